The second-order valence-corrected chi connectivity index (χ2v) is 7.67. The van der Waals surface area contributed by atoms with E-state index in [4.69, 9.17) is 9.47 Å². The van der Waals surface area contributed by atoms with E-state index >= 15 is 0 Å². The van der Waals surface area contributed by atoms with Crippen molar-refractivity contribution in [2.75, 3.05) is 32.1 Å². The predicted octanol–water partition coefficient (Wildman–Crippen LogP) is 2.84. The van der Waals surface area contributed by atoms with Crippen LogP contribution in [0.1, 0.15) is 17.7 Å². The maximum atomic E-state index is 12.4. The zero-order chi connectivity index (χ0) is 23.6. The van der Waals surface area contributed by atoms with Gasteiger partial charge in [0.1, 0.15) is 18.9 Å². The van der Waals surface area contributed by atoms with E-state index in [2.05, 4.69) is 15.4 Å². The molecule has 1 N–H and O–H groups in total. The Balaban J connectivity index is 1.36. The summed E-state index contributed by atoms with van der Waals surface area (Å²) < 4.78 is 12.6. The lowest BCUT2D eigenvalue weighted by atomic mass is 10.2. The predicted molar refractivity (Wildman–Crippen MR) is 124 cm³/mol. The summed E-state index contributed by atoms with van der Waals surface area (Å²) in [6.45, 7) is 5.02. The largest absolute Gasteiger partial charge is 0.492 e. The number of carbonyl (C=O) groups is 2. The first-order chi connectivity index (χ1) is 15.9. The minimum absolute atomic E-state index is 0.0685. The first kappa shape index (κ1) is 23.8. The third-order valence-corrected chi connectivity index (χ3v) is 4.80. The topological polar surface area (TPSA) is 98.6 Å². The van der Waals surface area contributed by atoms with Gasteiger partial charge in [-0.25, -0.2) is 4.98 Å². The molecule has 0 aliphatic heterocycles. The number of pyridine rings is 1. The number of nitrogens with zero attached hydrogens (tertiary/aromatic N) is 4. The Morgan fingerprint density at radius 1 is 1.06 bits per heavy atom. The van der Waals surface area contributed by atoms with E-state index in [1.54, 1.807) is 24.2 Å². The number of ether oxygens (including phenoxy) is 2. The smallest absolute Gasteiger partial charge is 0.244 e. The van der Waals surface area contributed by atoms with Crippen LogP contribution in [0.4, 0.5) is 5.69 Å². The molecule has 0 radical (unpaired) electrons. The highest BCUT2D eigenvalue weighted by Gasteiger charge is 2.12. The van der Waals surface area contributed by atoms with Gasteiger partial charge in [-0.05, 0) is 32.0 Å². The van der Waals surface area contributed by atoms with E-state index in [0.29, 0.717) is 24.7 Å². The molecule has 9 nitrogen and oxygen atoms in total. The molecule has 0 saturated heterocycles. The van der Waals surface area contributed by atoms with Gasteiger partial charge >= 0.3 is 0 Å². The van der Waals surface area contributed by atoms with Gasteiger partial charge in [0.2, 0.25) is 17.7 Å². The lowest BCUT2D eigenvalue weighted by Crippen LogP contribution is -2.33. The molecule has 0 aliphatic rings. The van der Waals surface area contributed by atoms with Crippen molar-refractivity contribution >= 4 is 17.5 Å². The molecule has 2 amide bonds. The highest BCUT2D eigenvalue weighted by atomic mass is 16.5. The van der Waals surface area contributed by atoms with E-state index < -0.39 is 0 Å². The SMILES string of the molecule is Cc1ccc(OCCN(C)C(=O)Cn2cc(NC(=O)CCOc3cccc(C)n3)cn2)cc1. The van der Waals surface area contributed by atoms with Crippen molar-refractivity contribution < 1.29 is 19.1 Å². The second kappa shape index (κ2) is 11.7. The van der Waals surface area contributed by atoms with Crippen LogP contribution in [-0.4, -0.2) is 58.3 Å². The van der Waals surface area contributed by atoms with Crippen molar-refractivity contribution in [3.63, 3.8) is 0 Å². The van der Waals surface area contributed by atoms with E-state index in [1.807, 2.05) is 50.2 Å². The number of hydrogen-bond donors (Lipinski definition) is 1. The highest BCUT2D eigenvalue weighted by Crippen LogP contribution is 2.11. The molecule has 1 aromatic carbocycles. The first-order valence-electron chi connectivity index (χ1n) is 10.7. The second-order valence-electron chi connectivity index (χ2n) is 7.67. The molecule has 3 rings (SSSR count). The number of rotatable bonds is 11. The van der Waals surface area contributed by atoms with Crippen molar-refractivity contribution in [3.05, 3.63) is 66.1 Å². The summed E-state index contributed by atoms with van der Waals surface area (Å²) in [6, 6.07) is 13.2. The Kier molecular flexibility index (Phi) is 8.40. The molecule has 2 heterocycles. The Bertz CT molecular complexity index is 1060. The molecule has 0 aliphatic carbocycles. The zero-order valence-electron chi connectivity index (χ0n) is 19.2. The van der Waals surface area contributed by atoms with Gasteiger partial charge < -0.3 is 19.7 Å². The van der Waals surface area contributed by atoms with Gasteiger partial charge in [0, 0.05) is 25.0 Å². The van der Waals surface area contributed by atoms with Gasteiger partial charge in [-0.15, -0.1) is 0 Å². The fourth-order valence-electron chi connectivity index (χ4n) is 2.90. The number of aryl methyl sites for hydroxylation is 2. The van der Waals surface area contributed by atoms with E-state index in [-0.39, 0.29) is 31.4 Å². The minimum Gasteiger partial charge on any atom is -0.492 e. The van der Waals surface area contributed by atoms with Crippen LogP contribution in [0.25, 0.3) is 0 Å². The van der Waals surface area contributed by atoms with Crippen LogP contribution in [0.2, 0.25) is 0 Å². The summed E-state index contributed by atoms with van der Waals surface area (Å²) in [6.07, 6.45) is 3.30. The molecule has 0 bridgehead atoms. The van der Waals surface area contributed by atoms with Gasteiger partial charge in [-0.2, -0.15) is 5.10 Å². The summed E-state index contributed by atoms with van der Waals surface area (Å²) in [5, 5.41) is 6.90. The third-order valence-electron chi connectivity index (χ3n) is 4.80. The van der Waals surface area contributed by atoms with Gasteiger partial charge in [0.05, 0.1) is 31.5 Å². The minimum atomic E-state index is -0.209. The lowest BCUT2D eigenvalue weighted by molar-refractivity contribution is -0.131. The van der Waals surface area contributed by atoms with Gasteiger partial charge in [-0.3, -0.25) is 14.3 Å². The molecular formula is C24H29N5O4. The van der Waals surface area contributed by atoms with Gasteiger partial charge in [-0.1, -0.05) is 23.8 Å². The molecule has 0 atom stereocenters. The van der Waals surface area contributed by atoms with E-state index in [9.17, 15) is 9.59 Å². The molecule has 33 heavy (non-hydrogen) atoms. The maximum absolute atomic E-state index is 12.4. The first-order valence-corrected chi connectivity index (χ1v) is 10.7. The lowest BCUT2D eigenvalue weighted by Gasteiger charge is -2.17. The average Bonchev–Trinajstić information content (AvgIpc) is 3.21. The normalized spacial score (nSPS) is 10.5. The number of carbonyl (C=O) groups excluding carboxylic acids is 2. The van der Waals surface area contributed by atoms with Crippen molar-refractivity contribution in [2.24, 2.45) is 0 Å². The summed E-state index contributed by atoms with van der Waals surface area (Å²) in [5.74, 6) is 0.943. The number of nitrogens with one attached hydrogen (secondary N) is 1. The van der Waals surface area contributed by atoms with Gasteiger partial charge in [0.15, 0.2) is 0 Å². The average molecular weight is 452 g/mol. The van der Waals surface area contributed by atoms with Crippen molar-refractivity contribution in [1.29, 1.82) is 0 Å². The van der Waals surface area contributed by atoms with Crippen LogP contribution in [0.5, 0.6) is 11.6 Å². The Morgan fingerprint density at radius 3 is 2.61 bits per heavy atom. The third kappa shape index (κ3) is 7.95. The standard InChI is InChI=1S/C24H29N5O4/c1-18-7-9-21(10-8-18)32-14-12-28(3)24(31)17-29-16-20(15-25-29)27-22(30)11-13-33-23-6-4-5-19(2)26-23/h4-10,15-16H,11-14,17H2,1-3H3,(H,27,30). The molecule has 0 spiro atoms. The molecule has 0 saturated carbocycles. The summed E-state index contributed by atoms with van der Waals surface area (Å²) in [5.41, 5.74) is 2.53. The van der Waals surface area contributed by atoms with Crippen LogP contribution in [0.15, 0.2) is 54.9 Å². The fraction of sp³-hybridized carbons (Fsp3) is 0.333. The number of anilines is 1. The van der Waals surface area contributed by atoms with Crippen LogP contribution < -0.4 is 14.8 Å². The number of amides is 2. The van der Waals surface area contributed by atoms with E-state index in [0.717, 1.165) is 17.0 Å². The summed E-state index contributed by atoms with van der Waals surface area (Å²) >= 11 is 0. The molecule has 9 heteroatoms. The number of hydrogen-bond acceptors (Lipinski definition) is 6. The zero-order valence-corrected chi connectivity index (χ0v) is 19.2. The Labute approximate surface area is 193 Å². The summed E-state index contributed by atoms with van der Waals surface area (Å²) in [7, 11) is 1.72. The highest BCUT2D eigenvalue weighted by molar-refractivity contribution is 5.90. The molecule has 2 aromatic heterocycles. The van der Waals surface area contributed by atoms with Crippen LogP contribution in [0, 0.1) is 13.8 Å². The molecular weight excluding hydrogens is 422 g/mol. The van der Waals surface area contributed by atoms with Crippen molar-refractivity contribution in [1.82, 2.24) is 19.7 Å². The van der Waals surface area contributed by atoms with Crippen molar-refractivity contribution in [3.8, 4) is 11.6 Å². The van der Waals surface area contributed by atoms with Crippen LogP contribution in [-0.2, 0) is 16.1 Å². The Morgan fingerprint density at radius 2 is 1.85 bits per heavy atom. The molecule has 0 fully saturated rings. The number of likely N-dealkylation sites (N-methyl/N-ethyl adjacent to an activating group) is 1. The van der Waals surface area contributed by atoms with Crippen molar-refractivity contribution in [2.45, 2.75) is 26.8 Å². The molecule has 0 unspecified atom stereocenters. The van der Waals surface area contributed by atoms with Crippen LogP contribution in [0.3, 0.4) is 0 Å². The molecule has 174 valence electrons. The number of aromatic nitrogens is 3. The fourth-order valence-corrected chi connectivity index (χ4v) is 2.90. The quantitative estimate of drug-likeness (QED) is 0.481. The van der Waals surface area contributed by atoms with Crippen LogP contribution >= 0.6 is 0 Å². The van der Waals surface area contributed by atoms with Gasteiger partial charge in [0.25, 0.3) is 0 Å². The Hall–Kier alpha value is -3.88. The monoisotopic (exact) mass is 451 g/mol. The molecule has 3 aromatic rings. The maximum Gasteiger partial charge on any atom is 0.244 e. The number of benzene rings is 1. The summed E-state index contributed by atoms with van der Waals surface area (Å²) in [4.78, 5) is 30.4. The van der Waals surface area contributed by atoms with E-state index in [1.165, 1.54) is 10.9 Å².